The van der Waals surface area contributed by atoms with E-state index in [4.69, 9.17) is 4.42 Å². The van der Waals surface area contributed by atoms with Crippen molar-refractivity contribution in [3.8, 4) is 39.1 Å². The molecule has 12 aromatic rings. The third-order valence-electron chi connectivity index (χ3n) is 12.2. The average Bonchev–Trinajstić information content (AvgIpc) is 3.87. The standard InChI is InChI=1S/C58H38N2O/c1-4-15-39(16-5-1)41-27-31-45(32-28-41)59(46-33-29-42(30-34-46)40-17-6-2-7-18-40)47-35-36-49-52(37-47)60(51-25-14-22-43-19-10-11-23-48(43)51)53-38-55-58(50-24-12-13-26-54(50)61-55)56(57(49)53)44-20-8-3-9-21-44/h1-38H. The second-order valence-corrected chi connectivity index (χ2v) is 15.7. The Hall–Kier alpha value is -8.14. The summed E-state index contributed by atoms with van der Waals surface area (Å²) >= 11 is 0. The minimum absolute atomic E-state index is 0.871. The van der Waals surface area contributed by atoms with E-state index in [1.165, 1.54) is 49.4 Å². The predicted molar refractivity (Wildman–Crippen MR) is 257 cm³/mol. The second-order valence-electron chi connectivity index (χ2n) is 15.7. The fourth-order valence-corrected chi connectivity index (χ4v) is 9.38. The molecule has 0 atom stereocenters. The van der Waals surface area contributed by atoms with E-state index in [0.717, 1.165) is 61.3 Å². The topological polar surface area (TPSA) is 21.3 Å². The van der Waals surface area contributed by atoms with Gasteiger partial charge in [0.2, 0.25) is 0 Å². The highest BCUT2D eigenvalue weighted by molar-refractivity contribution is 6.27. The summed E-state index contributed by atoms with van der Waals surface area (Å²) in [5.74, 6) is 0. The van der Waals surface area contributed by atoms with Crippen LogP contribution in [0, 0.1) is 0 Å². The maximum absolute atomic E-state index is 6.74. The number of hydrogen-bond donors (Lipinski definition) is 0. The van der Waals surface area contributed by atoms with Gasteiger partial charge in [0.15, 0.2) is 0 Å². The molecule has 3 heteroatoms. The SMILES string of the molecule is c1ccc(-c2ccc(N(c3ccc(-c4ccccc4)cc3)c3ccc4c5c(-c6ccccc6)c6c(cc5n(-c5cccc7ccccc57)c4c3)oc3ccccc36)cc2)cc1. The van der Waals surface area contributed by atoms with Crippen molar-refractivity contribution in [2.24, 2.45) is 0 Å². The van der Waals surface area contributed by atoms with Gasteiger partial charge in [0.1, 0.15) is 11.2 Å². The number of aromatic nitrogens is 1. The highest BCUT2D eigenvalue weighted by atomic mass is 16.3. The van der Waals surface area contributed by atoms with Crippen molar-refractivity contribution < 1.29 is 4.42 Å². The quantitative estimate of drug-likeness (QED) is 0.161. The lowest BCUT2D eigenvalue weighted by Crippen LogP contribution is -2.10. The Balaban J connectivity index is 1.16. The lowest BCUT2D eigenvalue weighted by Gasteiger charge is -2.26. The zero-order chi connectivity index (χ0) is 40.3. The smallest absolute Gasteiger partial charge is 0.138 e. The number of para-hydroxylation sites is 1. The Bertz CT molecular complexity index is 3460. The molecule has 10 aromatic carbocycles. The Labute approximate surface area is 353 Å². The van der Waals surface area contributed by atoms with Gasteiger partial charge in [-0.2, -0.15) is 0 Å². The van der Waals surface area contributed by atoms with Crippen LogP contribution in [-0.2, 0) is 0 Å². The number of benzene rings is 10. The van der Waals surface area contributed by atoms with Crippen molar-refractivity contribution in [3.05, 3.63) is 231 Å². The summed E-state index contributed by atoms with van der Waals surface area (Å²) in [5.41, 5.74) is 15.4. The van der Waals surface area contributed by atoms with Gasteiger partial charge < -0.3 is 13.9 Å². The van der Waals surface area contributed by atoms with Gasteiger partial charge in [-0.25, -0.2) is 0 Å². The third kappa shape index (κ3) is 5.82. The molecule has 0 saturated carbocycles. The van der Waals surface area contributed by atoms with Crippen LogP contribution >= 0.6 is 0 Å². The summed E-state index contributed by atoms with van der Waals surface area (Å²) in [7, 11) is 0. The van der Waals surface area contributed by atoms with Crippen LogP contribution in [0.2, 0.25) is 0 Å². The molecule has 2 aromatic heterocycles. The molecule has 0 aliphatic carbocycles. The van der Waals surface area contributed by atoms with Gasteiger partial charge >= 0.3 is 0 Å². The zero-order valence-corrected chi connectivity index (χ0v) is 33.2. The number of hydrogen-bond acceptors (Lipinski definition) is 2. The van der Waals surface area contributed by atoms with Gasteiger partial charge in [-0.3, -0.25) is 0 Å². The summed E-state index contributed by atoms with van der Waals surface area (Å²) in [6, 6.07) is 82.9. The van der Waals surface area contributed by atoms with Crippen LogP contribution < -0.4 is 4.90 Å². The molecule has 0 saturated heterocycles. The summed E-state index contributed by atoms with van der Waals surface area (Å²) in [5, 5.41) is 7.00. The molecule has 0 bridgehead atoms. The number of rotatable bonds is 7. The van der Waals surface area contributed by atoms with E-state index < -0.39 is 0 Å². The van der Waals surface area contributed by atoms with E-state index in [2.05, 4.69) is 240 Å². The monoisotopic (exact) mass is 778 g/mol. The lowest BCUT2D eigenvalue weighted by molar-refractivity contribution is 0.669. The van der Waals surface area contributed by atoms with Gasteiger partial charge in [-0.05, 0) is 81.7 Å². The van der Waals surface area contributed by atoms with E-state index in [9.17, 15) is 0 Å². The molecule has 3 nitrogen and oxygen atoms in total. The maximum Gasteiger partial charge on any atom is 0.138 e. The largest absolute Gasteiger partial charge is 0.456 e. The molecule has 0 N–H and O–H groups in total. The van der Waals surface area contributed by atoms with Crippen molar-refractivity contribution in [1.29, 1.82) is 0 Å². The first-order valence-electron chi connectivity index (χ1n) is 20.8. The van der Waals surface area contributed by atoms with E-state index in [-0.39, 0.29) is 0 Å². The number of anilines is 3. The van der Waals surface area contributed by atoms with Gasteiger partial charge in [0, 0.05) is 55.6 Å². The fraction of sp³-hybridized carbons (Fsp3) is 0. The molecule has 0 fully saturated rings. The van der Waals surface area contributed by atoms with Gasteiger partial charge in [-0.1, -0.05) is 176 Å². The van der Waals surface area contributed by atoms with E-state index in [1.807, 2.05) is 0 Å². The Morgan fingerprint density at radius 3 is 1.51 bits per heavy atom. The zero-order valence-electron chi connectivity index (χ0n) is 33.2. The Kier molecular flexibility index (Phi) is 8.17. The molecule has 0 spiro atoms. The van der Waals surface area contributed by atoms with Crippen molar-refractivity contribution >= 4 is 71.6 Å². The first-order valence-corrected chi connectivity index (χ1v) is 20.8. The highest BCUT2D eigenvalue weighted by Gasteiger charge is 2.25. The van der Waals surface area contributed by atoms with Crippen molar-refractivity contribution in [1.82, 2.24) is 4.57 Å². The summed E-state index contributed by atoms with van der Waals surface area (Å²) in [6.45, 7) is 0. The molecule has 0 radical (unpaired) electrons. The second kappa shape index (κ2) is 14.3. The summed E-state index contributed by atoms with van der Waals surface area (Å²) in [4.78, 5) is 2.38. The first kappa shape index (κ1) is 34.9. The van der Waals surface area contributed by atoms with Crippen molar-refractivity contribution in [2.75, 3.05) is 4.90 Å². The lowest BCUT2D eigenvalue weighted by atomic mass is 9.94. The van der Waals surface area contributed by atoms with Crippen LogP contribution in [0.15, 0.2) is 235 Å². The molecule has 286 valence electrons. The summed E-state index contributed by atoms with van der Waals surface area (Å²) in [6.07, 6.45) is 0. The van der Waals surface area contributed by atoms with Gasteiger partial charge in [0.05, 0.1) is 16.7 Å². The minimum Gasteiger partial charge on any atom is -0.456 e. The van der Waals surface area contributed by atoms with Gasteiger partial charge in [-0.15, -0.1) is 0 Å². The average molecular weight is 779 g/mol. The molecular weight excluding hydrogens is 741 g/mol. The number of nitrogens with zero attached hydrogens (tertiary/aromatic N) is 2. The van der Waals surface area contributed by atoms with Gasteiger partial charge in [0.25, 0.3) is 0 Å². The maximum atomic E-state index is 6.74. The van der Waals surface area contributed by atoms with Crippen LogP contribution in [0.1, 0.15) is 0 Å². The van der Waals surface area contributed by atoms with Crippen LogP contribution in [0.5, 0.6) is 0 Å². The van der Waals surface area contributed by atoms with Crippen LogP contribution in [0.25, 0.3) is 93.6 Å². The molecule has 2 heterocycles. The predicted octanol–water partition coefficient (Wildman–Crippen LogP) is 16.3. The first-order chi connectivity index (χ1) is 30.3. The third-order valence-corrected chi connectivity index (χ3v) is 12.2. The van der Waals surface area contributed by atoms with Crippen molar-refractivity contribution in [3.63, 3.8) is 0 Å². The number of fused-ring (bicyclic) bond motifs is 7. The Morgan fingerprint density at radius 1 is 0.328 bits per heavy atom. The fourth-order valence-electron chi connectivity index (χ4n) is 9.38. The molecule has 0 aliphatic rings. The molecule has 0 aliphatic heterocycles. The molecule has 0 unspecified atom stereocenters. The minimum atomic E-state index is 0.871. The molecular formula is C58H38N2O. The van der Waals surface area contributed by atoms with Crippen molar-refractivity contribution in [2.45, 2.75) is 0 Å². The molecule has 0 amide bonds. The highest BCUT2D eigenvalue weighted by Crippen LogP contribution is 2.48. The number of furan rings is 1. The van der Waals surface area contributed by atoms with Crippen LogP contribution in [-0.4, -0.2) is 4.57 Å². The summed E-state index contributed by atoms with van der Waals surface area (Å²) < 4.78 is 9.20. The van der Waals surface area contributed by atoms with E-state index in [0.29, 0.717) is 0 Å². The van der Waals surface area contributed by atoms with Crippen LogP contribution in [0.3, 0.4) is 0 Å². The van der Waals surface area contributed by atoms with E-state index >= 15 is 0 Å². The normalized spacial score (nSPS) is 11.6. The molecule has 12 rings (SSSR count). The van der Waals surface area contributed by atoms with Crippen LogP contribution in [0.4, 0.5) is 17.1 Å². The van der Waals surface area contributed by atoms with E-state index in [1.54, 1.807) is 0 Å². The Morgan fingerprint density at radius 2 is 0.852 bits per heavy atom. The molecule has 61 heavy (non-hydrogen) atoms.